The van der Waals surface area contributed by atoms with Gasteiger partial charge in [0.05, 0.1) is 26.3 Å². The molecule has 0 aliphatic heterocycles. The Morgan fingerprint density at radius 2 is 1.84 bits per heavy atom. The number of amides is 2. The van der Waals surface area contributed by atoms with E-state index in [-0.39, 0.29) is 12.6 Å². The smallest absolute Gasteiger partial charge is 0.319 e. The molecule has 0 unspecified atom stereocenters. The molecule has 0 saturated carbocycles. The van der Waals surface area contributed by atoms with E-state index in [2.05, 4.69) is 25.9 Å². The maximum Gasteiger partial charge on any atom is 0.319 e. The number of anilines is 1. The molecule has 2 heterocycles. The lowest BCUT2D eigenvalue weighted by Crippen LogP contribution is -2.32. The third kappa shape index (κ3) is 4.69. The average Bonchev–Trinajstić information content (AvgIpc) is 3.25. The summed E-state index contributed by atoms with van der Waals surface area (Å²) in [6, 6.07) is 17.7. The molecule has 10 heteroatoms. The summed E-state index contributed by atoms with van der Waals surface area (Å²) < 4.78 is 18.0. The van der Waals surface area contributed by atoms with Gasteiger partial charge in [-0.2, -0.15) is 4.52 Å². The number of ether oxygens (including phenoxy) is 3. The zero-order chi connectivity index (χ0) is 22.3. The molecular weight excluding hydrogens is 412 g/mol. The summed E-state index contributed by atoms with van der Waals surface area (Å²) in [5.74, 6) is 2.12. The van der Waals surface area contributed by atoms with Crippen LogP contribution in [0, 0.1) is 0 Å². The van der Waals surface area contributed by atoms with Crippen molar-refractivity contribution < 1.29 is 19.0 Å². The van der Waals surface area contributed by atoms with E-state index in [1.807, 2.05) is 30.3 Å². The van der Waals surface area contributed by atoms with Crippen molar-refractivity contribution in [3.8, 4) is 28.8 Å². The van der Waals surface area contributed by atoms with Crippen LogP contribution in [0.25, 0.3) is 17.0 Å². The van der Waals surface area contributed by atoms with Crippen molar-refractivity contribution in [1.82, 2.24) is 25.1 Å². The number of nitrogens with one attached hydrogen (secondary N) is 2. The number of hydrogen-bond acceptors (Lipinski definition) is 7. The number of nitrogens with zero attached hydrogens (tertiary/aromatic N) is 4. The summed E-state index contributed by atoms with van der Waals surface area (Å²) in [5, 5.41) is 18.4. The summed E-state index contributed by atoms with van der Waals surface area (Å²) in [7, 11) is 3.17. The standard InChI is InChI=1S/C22H22N6O4/c1-30-16-8-9-18(31-2)17(14-16)21-26-25-19-10-11-20(27-28(19)21)32-13-12-23-22(29)24-15-6-4-3-5-7-15/h3-11,14H,12-13H2,1-2H3,(H2,23,24,29). The lowest BCUT2D eigenvalue weighted by atomic mass is 10.2. The van der Waals surface area contributed by atoms with Gasteiger partial charge in [-0.15, -0.1) is 15.3 Å². The minimum Gasteiger partial charge on any atom is -0.497 e. The average molecular weight is 434 g/mol. The van der Waals surface area contributed by atoms with Crippen molar-refractivity contribution in [2.75, 3.05) is 32.7 Å². The Bertz CT molecular complexity index is 1210. The highest BCUT2D eigenvalue weighted by molar-refractivity contribution is 5.89. The van der Waals surface area contributed by atoms with Gasteiger partial charge in [-0.3, -0.25) is 0 Å². The van der Waals surface area contributed by atoms with E-state index in [4.69, 9.17) is 14.2 Å². The van der Waals surface area contributed by atoms with Crippen LogP contribution in [-0.4, -0.2) is 53.2 Å². The van der Waals surface area contributed by atoms with Crippen LogP contribution in [0.4, 0.5) is 10.5 Å². The van der Waals surface area contributed by atoms with E-state index >= 15 is 0 Å². The molecule has 2 N–H and O–H groups in total. The van der Waals surface area contributed by atoms with Gasteiger partial charge in [0.25, 0.3) is 0 Å². The minimum absolute atomic E-state index is 0.237. The first kappa shape index (κ1) is 20.9. The van der Waals surface area contributed by atoms with Gasteiger partial charge >= 0.3 is 6.03 Å². The number of benzene rings is 2. The summed E-state index contributed by atoms with van der Waals surface area (Å²) in [5.41, 5.74) is 1.95. The van der Waals surface area contributed by atoms with E-state index in [1.165, 1.54) is 0 Å². The second kappa shape index (κ2) is 9.65. The van der Waals surface area contributed by atoms with Gasteiger partial charge < -0.3 is 24.8 Å². The predicted molar refractivity (Wildman–Crippen MR) is 118 cm³/mol. The Kier molecular flexibility index (Phi) is 6.30. The van der Waals surface area contributed by atoms with Crippen LogP contribution in [-0.2, 0) is 0 Å². The van der Waals surface area contributed by atoms with Gasteiger partial charge in [-0.05, 0) is 36.4 Å². The minimum atomic E-state index is -0.311. The lowest BCUT2D eigenvalue weighted by molar-refractivity contribution is 0.246. The van der Waals surface area contributed by atoms with Crippen LogP contribution < -0.4 is 24.8 Å². The Balaban J connectivity index is 1.42. The molecule has 0 spiro atoms. The molecule has 0 bridgehead atoms. The fraction of sp³-hybridized carbons (Fsp3) is 0.182. The Morgan fingerprint density at radius 3 is 2.62 bits per heavy atom. The summed E-state index contributed by atoms with van der Waals surface area (Å²) in [6.07, 6.45) is 0. The normalized spacial score (nSPS) is 10.6. The number of hydrogen-bond donors (Lipinski definition) is 2. The monoisotopic (exact) mass is 434 g/mol. The number of fused-ring (bicyclic) bond motifs is 1. The van der Waals surface area contributed by atoms with Crippen LogP contribution in [0.15, 0.2) is 60.7 Å². The van der Waals surface area contributed by atoms with E-state index in [1.54, 1.807) is 49.1 Å². The topological polar surface area (TPSA) is 112 Å². The first-order chi connectivity index (χ1) is 15.7. The van der Waals surface area contributed by atoms with Gasteiger partial charge in [-0.1, -0.05) is 18.2 Å². The number of rotatable bonds is 8. The van der Waals surface area contributed by atoms with Gasteiger partial charge in [0.2, 0.25) is 5.88 Å². The highest BCUT2D eigenvalue weighted by atomic mass is 16.5. The quantitative estimate of drug-likeness (QED) is 0.410. The molecule has 10 nitrogen and oxygen atoms in total. The van der Waals surface area contributed by atoms with E-state index in [0.29, 0.717) is 46.6 Å². The molecule has 0 aliphatic rings. The van der Waals surface area contributed by atoms with E-state index in [0.717, 1.165) is 0 Å². The van der Waals surface area contributed by atoms with Crippen molar-refractivity contribution in [2.45, 2.75) is 0 Å². The second-order valence-corrected chi connectivity index (χ2v) is 6.63. The van der Waals surface area contributed by atoms with Crippen molar-refractivity contribution in [3.05, 3.63) is 60.7 Å². The summed E-state index contributed by atoms with van der Waals surface area (Å²) in [4.78, 5) is 11.9. The molecule has 0 saturated heterocycles. The summed E-state index contributed by atoms with van der Waals surface area (Å²) >= 11 is 0. The number of para-hydroxylation sites is 1. The highest BCUT2D eigenvalue weighted by Gasteiger charge is 2.16. The van der Waals surface area contributed by atoms with E-state index in [9.17, 15) is 4.79 Å². The van der Waals surface area contributed by atoms with Crippen molar-refractivity contribution in [1.29, 1.82) is 0 Å². The van der Waals surface area contributed by atoms with Crippen molar-refractivity contribution in [2.24, 2.45) is 0 Å². The molecule has 32 heavy (non-hydrogen) atoms. The predicted octanol–water partition coefficient (Wildman–Crippen LogP) is 3.01. The van der Waals surface area contributed by atoms with Crippen LogP contribution in [0.2, 0.25) is 0 Å². The number of aromatic nitrogens is 4. The zero-order valence-corrected chi connectivity index (χ0v) is 17.6. The van der Waals surface area contributed by atoms with Gasteiger partial charge in [0, 0.05) is 11.8 Å². The first-order valence-corrected chi connectivity index (χ1v) is 9.85. The molecule has 0 radical (unpaired) electrons. The second-order valence-electron chi connectivity index (χ2n) is 6.63. The van der Waals surface area contributed by atoms with Crippen LogP contribution in [0.3, 0.4) is 0 Å². The van der Waals surface area contributed by atoms with E-state index < -0.39 is 0 Å². The number of carbonyl (C=O) groups is 1. The third-order valence-corrected chi connectivity index (χ3v) is 4.56. The highest BCUT2D eigenvalue weighted by Crippen LogP contribution is 2.32. The van der Waals surface area contributed by atoms with Gasteiger partial charge in [0.15, 0.2) is 11.5 Å². The third-order valence-electron chi connectivity index (χ3n) is 4.56. The van der Waals surface area contributed by atoms with Crippen molar-refractivity contribution in [3.63, 3.8) is 0 Å². The molecule has 4 rings (SSSR count). The molecule has 164 valence electrons. The Morgan fingerprint density at radius 1 is 1.00 bits per heavy atom. The molecule has 2 aromatic carbocycles. The molecule has 2 aromatic heterocycles. The van der Waals surface area contributed by atoms with Gasteiger partial charge in [0.1, 0.15) is 18.1 Å². The Labute approximate surface area is 184 Å². The van der Waals surface area contributed by atoms with Crippen LogP contribution >= 0.6 is 0 Å². The maximum atomic E-state index is 11.9. The fourth-order valence-corrected chi connectivity index (χ4v) is 3.02. The van der Waals surface area contributed by atoms with Crippen LogP contribution in [0.1, 0.15) is 0 Å². The molecule has 0 fully saturated rings. The number of methoxy groups -OCH3 is 2. The molecule has 0 aliphatic carbocycles. The SMILES string of the molecule is COc1ccc(OC)c(-c2nnc3ccc(OCCNC(=O)Nc4ccccc4)nn23)c1. The molecule has 4 aromatic rings. The Hall–Kier alpha value is -4.34. The van der Waals surface area contributed by atoms with Crippen molar-refractivity contribution >= 4 is 17.4 Å². The van der Waals surface area contributed by atoms with Gasteiger partial charge in [-0.25, -0.2) is 4.79 Å². The largest absolute Gasteiger partial charge is 0.497 e. The maximum absolute atomic E-state index is 11.9. The summed E-state index contributed by atoms with van der Waals surface area (Å²) in [6.45, 7) is 0.539. The number of urea groups is 1. The first-order valence-electron chi connectivity index (χ1n) is 9.85. The number of carbonyl (C=O) groups excluding carboxylic acids is 1. The molecular formula is C22H22N6O4. The fourth-order valence-electron chi connectivity index (χ4n) is 3.02. The van der Waals surface area contributed by atoms with Crippen LogP contribution in [0.5, 0.6) is 17.4 Å². The zero-order valence-electron chi connectivity index (χ0n) is 17.6. The lowest BCUT2D eigenvalue weighted by Gasteiger charge is -2.10. The molecule has 0 atom stereocenters. The molecule has 2 amide bonds.